The lowest BCUT2D eigenvalue weighted by atomic mass is 10.4. The Labute approximate surface area is 79.7 Å². The van der Waals surface area contributed by atoms with Gasteiger partial charge in [-0.3, -0.25) is 4.79 Å². The molecule has 0 aliphatic carbocycles. The number of aromatic nitrogens is 2. The van der Waals surface area contributed by atoms with Gasteiger partial charge >= 0.3 is 0 Å². The molecule has 5 nitrogen and oxygen atoms in total. The molecule has 0 atom stereocenters. The summed E-state index contributed by atoms with van der Waals surface area (Å²) in [4.78, 5) is 13.1. The summed E-state index contributed by atoms with van der Waals surface area (Å²) in [7, 11) is 0. The summed E-state index contributed by atoms with van der Waals surface area (Å²) >= 11 is 1.24. The Morgan fingerprint density at radius 2 is 2.15 bits per heavy atom. The number of rotatable bonds is 2. The molecular weight excluding hydrogens is 188 g/mol. The first kappa shape index (κ1) is 8.43. The maximum Gasteiger partial charge on any atom is 0.272 e. The highest BCUT2D eigenvalue weighted by atomic mass is 32.1. The van der Waals surface area contributed by atoms with Crippen molar-refractivity contribution >= 4 is 22.4 Å². The van der Waals surface area contributed by atoms with Crippen LogP contribution in [-0.4, -0.2) is 28.6 Å². The van der Waals surface area contributed by atoms with Crippen LogP contribution in [-0.2, 0) is 0 Å². The Balaban J connectivity index is 2.28. The third-order valence-corrected chi connectivity index (χ3v) is 2.89. The van der Waals surface area contributed by atoms with Crippen molar-refractivity contribution in [2.24, 2.45) is 5.73 Å². The third kappa shape index (κ3) is 1.49. The molecular formula is C7H10N4OS. The van der Waals surface area contributed by atoms with Crippen LogP contribution in [0.2, 0.25) is 0 Å². The molecule has 1 saturated heterocycles. The van der Waals surface area contributed by atoms with Crippen LogP contribution in [0.4, 0.5) is 5.00 Å². The first-order valence-electron chi connectivity index (χ1n) is 4.16. The number of anilines is 1. The van der Waals surface area contributed by atoms with Gasteiger partial charge in [0.15, 0.2) is 5.69 Å². The van der Waals surface area contributed by atoms with E-state index in [9.17, 15) is 4.79 Å². The number of hydrogen-bond acceptors (Lipinski definition) is 5. The summed E-state index contributed by atoms with van der Waals surface area (Å²) in [5, 5.41) is 4.54. The van der Waals surface area contributed by atoms with Crippen LogP contribution in [0.25, 0.3) is 0 Å². The van der Waals surface area contributed by atoms with Crippen LogP contribution in [0.5, 0.6) is 0 Å². The molecule has 1 aliphatic heterocycles. The van der Waals surface area contributed by atoms with Crippen LogP contribution in [0.3, 0.4) is 0 Å². The summed E-state index contributed by atoms with van der Waals surface area (Å²) in [6, 6.07) is 0. The number of nitrogens with zero attached hydrogens (tertiary/aromatic N) is 3. The molecule has 1 aromatic rings. The lowest BCUT2D eigenvalue weighted by Crippen LogP contribution is -2.21. The topological polar surface area (TPSA) is 72.1 Å². The quantitative estimate of drug-likeness (QED) is 0.738. The van der Waals surface area contributed by atoms with Gasteiger partial charge in [0.25, 0.3) is 5.91 Å². The van der Waals surface area contributed by atoms with E-state index in [0.717, 1.165) is 30.9 Å². The molecule has 0 aromatic carbocycles. The first-order valence-corrected chi connectivity index (χ1v) is 4.93. The van der Waals surface area contributed by atoms with Crippen molar-refractivity contribution < 1.29 is 4.79 Å². The maximum atomic E-state index is 10.9. The van der Waals surface area contributed by atoms with Crippen LogP contribution in [0.1, 0.15) is 23.3 Å². The van der Waals surface area contributed by atoms with E-state index in [1.54, 1.807) is 0 Å². The van der Waals surface area contributed by atoms with E-state index in [-0.39, 0.29) is 0 Å². The van der Waals surface area contributed by atoms with E-state index in [0.29, 0.717) is 5.69 Å². The minimum absolute atomic E-state index is 0.312. The van der Waals surface area contributed by atoms with Crippen molar-refractivity contribution in [3.8, 4) is 0 Å². The van der Waals surface area contributed by atoms with Crippen molar-refractivity contribution in [3.05, 3.63) is 5.69 Å². The lowest BCUT2D eigenvalue weighted by Gasteiger charge is -2.13. The van der Waals surface area contributed by atoms with Crippen molar-refractivity contribution in [2.45, 2.75) is 12.8 Å². The lowest BCUT2D eigenvalue weighted by molar-refractivity contribution is 0.0996. The summed E-state index contributed by atoms with van der Waals surface area (Å²) in [6.07, 6.45) is 2.33. The molecule has 0 bridgehead atoms. The highest BCUT2D eigenvalue weighted by molar-refractivity contribution is 7.10. The zero-order valence-corrected chi connectivity index (χ0v) is 7.88. The molecule has 0 spiro atoms. The fourth-order valence-electron chi connectivity index (χ4n) is 1.47. The Bertz CT molecular complexity index is 318. The predicted octanol–water partition coefficient (Wildman–Crippen LogP) is 0.237. The number of carbonyl (C=O) groups is 1. The molecule has 0 unspecified atom stereocenters. The second-order valence-electron chi connectivity index (χ2n) is 2.99. The molecule has 1 aromatic heterocycles. The summed E-state index contributed by atoms with van der Waals surface area (Å²) in [5.41, 5.74) is 5.48. The van der Waals surface area contributed by atoms with Crippen LogP contribution in [0.15, 0.2) is 0 Å². The van der Waals surface area contributed by atoms with E-state index < -0.39 is 5.91 Å². The molecule has 1 amide bonds. The monoisotopic (exact) mass is 198 g/mol. The summed E-state index contributed by atoms with van der Waals surface area (Å²) in [6.45, 7) is 1.95. The Hall–Kier alpha value is -1.17. The standard InChI is InChI=1S/C7H10N4OS/c8-6(12)5-7(13-10-9-5)11-3-1-2-4-11/h1-4H2,(H2,8,12). The Kier molecular flexibility index (Phi) is 2.13. The molecule has 2 N–H and O–H groups in total. The smallest absolute Gasteiger partial charge is 0.272 e. The molecule has 0 radical (unpaired) electrons. The molecule has 2 heterocycles. The molecule has 1 fully saturated rings. The fourth-order valence-corrected chi connectivity index (χ4v) is 2.19. The van der Waals surface area contributed by atoms with Gasteiger partial charge in [0.05, 0.1) is 0 Å². The van der Waals surface area contributed by atoms with E-state index in [2.05, 4.69) is 14.5 Å². The van der Waals surface area contributed by atoms with Crippen LogP contribution < -0.4 is 10.6 Å². The molecule has 6 heteroatoms. The third-order valence-electron chi connectivity index (χ3n) is 2.10. The maximum absolute atomic E-state index is 10.9. The average Bonchev–Trinajstić information content (AvgIpc) is 2.74. The Morgan fingerprint density at radius 3 is 2.77 bits per heavy atom. The van der Waals surface area contributed by atoms with E-state index in [1.165, 1.54) is 11.5 Å². The normalized spacial score (nSPS) is 16.5. The van der Waals surface area contributed by atoms with Gasteiger partial charge in [-0.15, -0.1) is 5.10 Å². The van der Waals surface area contributed by atoms with Crippen molar-refractivity contribution in [1.82, 2.24) is 9.59 Å². The molecule has 13 heavy (non-hydrogen) atoms. The number of carbonyl (C=O) groups excluding carboxylic acids is 1. The van der Waals surface area contributed by atoms with Gasteiger partial charge in [0.2, 0.25) is 0 Å². The van der Waals surface area contributed by atoms with Crippen molar-refractivity contribution in [3.63, 3.8) is 0 Å². The van der Waals surface area contributed by atoms with Gasteiger partial charge in [-0.25, -0.2) is 0 Å². The summed E-state index contributed by atoms with van der Waals surface area (Å²) < 4.78 is 3.74. The number of amides is 1. The second-order valence-corrected chi connectivity index (χ2v) is 3.72. The minimum atomic E-state index is -0.490. The molecule has 70 valence electrons. The first-order chi connectivity index (χ1) is 6.29. The van der Waals surface area contributed by atoms with E-state index in [4.69, 9.17) is 5.73 Å². The van der Waals surface area contributed by atoms with Crippen molar-refractivity contribution in [1.29, 1.82) is 0 Å². The highest BCUT2D eigenvalue weighted by Crippen LogP contribution is 2.26. The second kappa shape index (κ2) is 3.29. The van der Waals surface area contributed by atoms with Gasteiger partial charge in [-0.2, -0.15) is 0 Å². The van der Waals surface area contributed by atoms with E-state index >= 15 is 0 Å². The van der Waals surface area contributed by atoms with Gasteiger partial charge < -0.3 is 10.6 Å². The van der Waals surface area contributed by atoms with Gasteiger partial charge in [0, 0.05) is 24.6 Å². The van der Waals surface area contributed by atoms with Gasteiger partial charge in [-0.1, -0.05) is 4.49 Å². The largest absolute Gasteiger partial charge is 0.364 e. The number of nitrogens with two attached hydrogens (primary N) is 1. The summed E-state index contributed by atoms with van der Waals surface area (Å²) in [5.74, 6) is -0.490. The molecule has 2 rings (SSSR count). The molecule has 1 aliphatic rings. The van der Waals surface area contributed by atoms with E-state index in [1.807, 2.05) is 0 Å². The minimum Gasteiger partial charge on any atom is -0.364 e. The highest BCUT2D eigenvalue weighted by Gasteiger charge is 2.21. The predicted molar refractivity (Wildman–Crippen MR) is 49.9 cm³/mol. The zero-order chi connectivity index (χ0) is 9.26. The van der Waals surface area contributed by atoms with Crippen LogP contribution in [0, 0.1) is 0 Å². The SMILES string of the molecule is NC(=O)c1nnsc1N1CCCC1. The van der Waals surface area contributed by atoms with Crippen LogP contribution >= 0.6 is 11.5 Å². The van der Waals surface area contributed by atoms with Crippen molar-refractivity contribution in [2.75, 3.05) is 18.0 Å². The molecule has 0 saturated carbocycles. The Morgan fingerprint density at radius 1 is 1.46 bits per heavy atom. The number of hydrogen-bond donors (Lipinski definition) is 1. The van der Waals surface area contributed by atoms with Gasteiger partial charge in [0.1, 0.15) is 5.00 Å². The fraction of sp³-hybridized carbons (Fsp3) is 0.571. The zero-order valence-electron chi connectivity index (χ0n) is 7.06. The number of primary amides is 1. The average molecular weight is 198 g/mol. The van der Waals surface area contributed by atoms with Gasteiger partial charge in [-0.05, 0) is 12.8 Å².